The second-order valence-corrected chi connectivity index (χ2v) is 6.09. The molecule has 0 aromatic heterocycles. The standard InChI is InChI=1S/C16H21NS/c18-16-11-13-7-4-8-14(15(13)9-10-17-16)12-5-2-1-3-6-12/h4,7-8,12H,1-3,5-6,9-11H2,(H,17,18). The van der Waals surface area contributed by atoms with Crippen LogP contribution in [-0.4, -0.2) is 11.5 Å². The highest BCUT2D eigenvalue weighted by atomic mass is 32.1. The maximum absolute atomic E-state index is 5.36. The fraction of sp³-hybridized carbons (Fsp3) is 0.562. The topological polar surface area (TPSA) is 12.0 Å². The van der Waals surface area contributed by atoms with Crippen LogP contribution in [0.3, 0.4) is 0 Å². The molecule has 2 heteroatoms. The molecular formula is C16H21NS. The molecule has 3 rings (SSSR count). The van der Waals surface area contributed by atoms with Crippen molar-refractivity contribution < 1.29 is 0 Å². The molecule has 1 saturated carbocycles. The largest absolute Gasteiger partial charge is 0.379 e. The summed E-state index contributed by atoms with van der Waals surface area (Å²) in [5, 5.41) is 3.35. The van der Waals surface area contributed by atoms with Gasteiger partial charge in [-0.2, -0.15) is 0 Å². The van der Waals surface area contributed by atoms with Crippen LogP contribution < -0.4 is 5.32 Å². The molecule has 96 valence electrons. The van der Waals surface area contributed by atoms with Gasteiger partial charge in [0, 0.05) is 13.0 Å². The summed E-state index contributed by atoms with van der Waals surface area (Å²) in [6, 6.07) is 6.86. The first kappa shape index (κ1) is 12.2. The molecule has 0 spiro atoms. The van der Waals surface area contributed by atoms with Gasteiger partial charge in [0.15, 0.2) is 0 Å². The Balaban J connectivity index is 1.94. The molecule has 1 aromatic carbocycles. The predicted molar refractivity (Wildman–Crippen MR) is 80.3 cm³/mol. The van der Waals surface area contributed by atoms with Crippen molar-refractivity contribution in [2.45, 2.75) is 50.9 Å². The van der Waals surface area contributed by atoms with Crippen molar-refractivity contribution in [2.75, 3.05) is 6.54 Å². The van der Waals surface area contributed by atoms with E-state index >= 15 is 0 Å². The maximum atomic E-state index is 5.36. The van der Waals surface area contributed by atoms with E-state index in [-0.39, 0.29) is 0 Å². The van der Waals surface area contributed by atoms with Crippen LogP contribution in [0, 0.1) is 0 Å². The van der Waals surface area contributed by atoms with E-state index in [1.165, 1.54) is 37.7 Å². The molecule has 1 N–H and O–H groups in total. The van der Waals surface area contributed by atoms with Crippen LogP contribution in [0.25, 0.3) is 0 Å². The highest BCUT2D eigenvalue weighted by Gasteiger charge is 2.21. The van der Waals surface area contributed by atoms with E-state index in [4.69, 9.17) is 12.2 Å². The van der Waals surface area contributed by atoms with Crippen LogP contribution in [0.4, 0.5) is 0 Å². The van der Waals surface area contributed by atoms with Crippen molar-refractivity contribution >= 4 is 17.2 Å². The van der Waals surface area contributed by atoms with Gasteiger partial charge in [-0.3, -0.25) is 0 Å². The quantitative estimate of drug-likeness (QED) is 0.771. The Morgan fingerprint density at radius 2 is 1.94 bits per heavy atom. The molecule has 1 aliphatic heterocycles. The Morgan fingerprint density at radius 3 is 2.78 bits per heavy atom. The Bertz CT molecular complexity index is 446. The van der Waals surface area contributed by atoms with Gasteiger partial charge in [0.1, 0.15) is 0 Å². The number of rotatable bonds is 1. The SMILES string of the molecule is S=C1Cc2cccc(C3CCCCC3)c2CCN1. The summed E-state index contributed by atoms with van der Waals surface area (Å²) >= 11 is 5.36. The fourth-order valence-electron chi connectivity index (χ4n) is 3.48. The summed E-state index contributed by atoms with van der Waals surface area (Å²) in [5.41, 5.74) is 4.68. The molecular weight excluding hydrogens is 238 g/mol. The first-order chi connectivity index (χ1) is 8.84. The van der Waals surface area contributed by atoms with Crippen LogP contribution in [0.15, 0.2) is 18.2 Å². The van der Waals surface area contributed by atoms with Crippen molar-refractivity contribution in [1.29, 1.82) is 0 Å². The zero-order valence-electron chi connectivity index (χ0n) is 10.9. The average Bonchev–Trinajstić information content (AvgIpc) is 2.60. The number of benzene rings is 1. The van der Waals surface area contributed by atoms with Gasteiger partial charge in [-0.05, 0) is 41.9 Å². The summed E-state index contributed by atoms with van der Waals surface area (Å²) < 4.78 is 0. The fourth-order valence-corrected chi connectivity index (χ4v) is 3.74. The Morgan fingerprint density at radius 1 is 1.11 bits per heavy atom. The summed E-state index contributed by atoms with van der Waals surface area (Å²) in [6.45, 7) is 1.01. The highest BCUT2D eigenvalue weighted by molar-refractivity contribution is 7.80. The molecule has 0 radical (unpaired) electrons. The Hall–Kier alpha value is -0.890. The molecule has 1 aliphatic carbocycles. The lowest BCUT2D eigenvalue weighted by Crippen LogP contribution is -2.22. The normalized spacial score (nSPS) is 21.0. The second-order valence-electron chi connectivity index (χ2n) is 5.60. The van der Waals surface area contributed by atoms with Crippen LogP contribution >= 0.6 is 12.2 Å². The van der Waals surface area contributed by atoms with E-state index in [2.05, 4.69) is 23.5 Å². The number of hydrogen-bond donors (Lipinski definition) is 1. The molecule has 0 saturated heterocycles. The molecule has 0 atom stereocenters. The van der Waals surface area contributed by atoms with Crippen molar-refractivity contribution in [1.82, 2.24) is 5.32 Å². The molecule has 1 nitrogen and oxygen atoms in total. The monoisotopic (exact) mass is 259 g/mol. The minimum atomic E-state index is 0.806. The third-order valence-corrected chi connectivity index (χ3v) is 4.69. The third-order valence-electron chi connectivity index (χ3n) is 4.40. The molecule has 2 aliphatic rings. The molecule has 0 bridgehead atoms. The first-order valence-corrected chi connectivity index (χ1v) is 7.63. The summed E-state index contributed by atoms with van der Waals surface area (Å²) in [7, 11) is 0. The predicted octanol–water partition coefficient (Wildman–Crippen LogP) is 3.75. The Labute approximate surface area is 115 Å². The van der Waals surface area contributed by atoms with E-state index in [9.17, 15) is 0 Å². The van der Waals surface area contributed by atoms with Gasteiger partial charge >= 0.3 is 0 Å². The third kappa shape index (κ3) is 2.44. The van der Waals surface area contributed by atoms with Crippen molar-refractivity contribution in [2.24, 2.45) is 0 Å². The van der Waals surface area contributed by atoms with Gasteiger partial charge in [-0.1, -0.05) is 49.7 Å². The van der Waals surface area contributed by atoms with Crippen LogP contribution in [0.5, 0.6) is 0 Å². The molecule has 1 aromatic rings. The maximum Gasteiger partial charge on any atom is 0.0797 e. The van der Waals surface area contributed by atoms with Gasteiger partial charge < -0.3 is 5.32 Å². The minimum Gasteiger partial charge on any atom is -0.379 e. The van der Waals surface area contributed by atoms with E-state index in [1.54, 1.807) is 11.1 Å². The zero-order chi connectivity index (χ0) is 12.4. The van der Waals surface area contributed by atoms with Gasteiger partial charge in [0.25, 0.3) is 0 Å². The van der Waals surface area contributed by atoms with E-state index in [1.807, 2.05) is 0 Å². The highest BCUT2D eigenvalue weighted by Crippen LogP contribution is 2.36. The van der Waals surface area contributed by atoms with Crippen molar-refractivity contribution in [3.05, 3.63) is 34.9 Å². The van der Waals surface area contributed by atoms with Gasteiger partial charge in [-0.15, -0.1) is 0 Å². The molecule has 0 unspecified atom stereocenters. The van der Waals surface area contributed by atoms with E-state index in [0.29, 0.717) is 0 Å². The number of hydrogen-bond acceptors (Lipinski definition) is 1. The van der Waals surface area contributed by atoms with E-state index in [0.717, 1.165) is 30.3 Å². The van der Waals surface area contributed by atoms with Crippen LogP contribution in [-0.2, 0) is 12.8 Å². The molecule has 18 heavy (non-hydrogen) atoms. The Kier molecular flexibility index (Phi) is 3.64. The van der Waals surface area contributed by atoms with Gasteiger partial charge in [-0.25, -0.2) is 0 Å². The van der Waals surface area contributed by atoms with E-state index < -0.39 is 0 Å². The summed E-state index contributed by atoms with van der Waals surface area (Å²) in [6.07, 6.45) is 9.09. The number of thiocarbonyl (C=S) groups is 1. The number of fused-ring (bicyclic) bond motifs is 1. The second kappa shape index (κ2) is 5.40. The summed E-state index contributed by atoms with van der Waals surface area (Å²) in [5.74, 6) is 0.806. The smallest absolute Gasteiger partial charge is 0.0797 e. The average molecular weight is 259 g/mol. The number of nitrogens with one attached hydrogen (secondary N) is 1. The molecule has 0 amide bonds. The molecule has 1 fully saturated rings. The van der Waals surface area contributed by atoms with Crippen molar-refractivity contribution in [3.8, 4) is 0 Å². The van der Waals surface area contributed by atoms with Gasteiger partial charge in [0.05, 0.1) is 4.99 Å². The summed E-state index contributed by atoms with van der Waals surface area (Å²) in [4.78, 5) is 1.01. The van der Waals surface area contributed by atoms with Crippen molar-refractivity contribution in [3.63, 3.8) is 0 Å². The lowest BCUT2D eigenvalue weighted by Gasteiger charge is -2.25. The minimum absolute atomic E-state index is 0.806. The van der Waals surface area contributed by atoms with Gasteiger partial charge in [0.2, 0.25) is 0 Å². The van der Waals surface area contributed by atoms with Crippen LogP contribution in [0.1, 0.15) is 54.7 Å². The lowest BCUT2D eigenvalue weighted by atomic mass is 9.80. The zero-order valence-corrected chi connectivity index (χ0v) is 11.7. The molecule has 1 heterocycles. The first-order valence-electron chi connectivity index (χ1n) is 7.22. The van der Waals surface area contributed by atoms with Crippen LogP contribution in [0.2, 0.25) is 0 Å². The lowest BCUT2D eigenvalue weighted by molar-refractivity contribution is 0.441.